The zero-order valence-electron chi connectivity index (χ0n) is 74.9. The number of phenolic OH excluding ortho intramolecular Hbond substituents is 1. The lowest BCUT2D eigenvalue weighted by atomic mass is 9.98. The van der Waals surface area contributed by atoms with Gasteiger partial charge in [-0.2, -0.15) is 0 Å². The quantitative estimate of drug-likeness (QED) is 0.0412. The number of aromatic hydroxyl groups is 1. The number of aromatic amines is 1. The molecule has 1 aromatic heterocycles. The summed E-state index contributed by atoms with van der Waals surface area (Å²) in [4.78, 5) is 244. The molecule has 1 saturated heterocycles. The normalized spacial score (nSPS) is 21.8. The number of nitrogens with two attached hydrogens (primary N) is 2. The Balaban J connectivity index is 1.22. The molecule has 0 radical (unpaired) electrons. The van der Waals surface area contributed by atoms with Gasteiger partial charge in [0.05, 0.1) is 31.8 Å². The number of rotatable bonds is 24. The largest absolute Gasteiger partial charge is 0.508 e. The molecular weight excluding hydrogens is 1690 g/mol. The van der Waals surface area contributed by atoms with Crippen molar-refractivity contribution in [3.05, 3.63) is 209 Å². The number of nitrogens with one attached hydrogen (secondary N) is 10. The van der Waals surface area contributed by atoms with Crippen LogP contribution in [0.1, 0.15) is 106 Å². The van der Waals surface area contributed by atoms with Gasteiger partial charge in [0.25, 0.3) is 0 Å². The van der Waals surface area contributed by atoms with Crippen LogP contribution in [0.25, 0.3) is 10.9 Å². The van der Waals surface area contributed by atoms with Gasteiger partial charge in [0.2, 0.25) is 88.6 Å². The van der Waals surface area contributed by atoms with Crippen LogP contribution in [-0.4, -0.2) is 267 Å². The van der Waals surface area contributed by atoms with E-state index in [1.54, 1.807) is 173 Å². The minimum absolute atomic E-state index is 0.0331. The number of carbonyl (C=O) groups is 16. The number of unbranched alkanes of at least 4 members (excludes halogenated alkanes) is 1. The molecule has 15 amide bonds. The summed E-state index contributed by atoms with van der Waals surface area (Å²) in [6.07, 6.45) is 0.258. The number of primary amides is 1. The Labute approximate surface area is 760 Å². The van der Waals surface area contributed by atoms with Gasteiger partial charge in [-0.15, -0.1) is 11.8 Å². The summed E-state index contributed by atoms with van der Waals surface area (Å²) < 4.78 is 0. The van der Waals surface area contributed by atoms with Gasteiger partial charge in [0.1, 0.15) is 72.2 Å². The summed E-state index contributed by atoms with van der Waals surface area (Å²) in [6, 6.07) is 28.7. The fraction of sp³-hybridized carbons (Fsp3) is 0.426. The molecule has 696 valence electrons. The number of H-pyrrole nitrogens is 1. The zero-order valence-corrected chi connectivity index (χ0v) is 75.7. The molecule has 0 saturated carbocycles. The number of para-hydroxylation sites is 1. The van der Waals surface area contributed by atoms with Crippen molar-refractivity contribution in [2.45, 2.75) is 178 Å². The van der Waals surface area contributed by atoms with Crippen molar-refractivity contribution in [1.29, 1.82) is 0 Å². The predicted molar refractivity (Wildman–Crippen MR) is 488 cm³/mol. The van der Waals surface area contributed by atoms with Gasteiger partial charge in [-0.3, -0.25) is 76.7 Å². The highest BCUT2D eigenvalue weighted by Gasteiger charge is 2.42. The fourth-order valence-electron chi connectivity index (χ4n) is 15.1. The molecule has 0 bridgehead atoms. The van der Waals surface area contributed by atoms with Crippen LogP contribution in [-0.2, 0) is 122 Å². The van der Waals surface area contributed by atoms with Crippen LogP contribution in [0.15, 0.2) is 170 Å². The van der Waals surface area contributed by atoms with Crippen LogP contribution < -0.4 is 59.3 Å². The molecule has 6 aromatic carbocycles. The van der Waals surface area contributed by atoms with Crippen LogP contribution in [0.2, 0.25) is 0 Å². The highest BCUT2D eigenvalue weighted by atomic mass is 32.2. The third-order valence-corrected chi connectivity index (χ3v) is 23.4. The van der Waals surface area contributed by atoms with E-state index < -0.39 is 199 Å². The Morgan fingerprint density at radius 3 is 1.48 bits per heavy atom. The molecule has 1 aliphatic rings. The number of nitrogens with zero attached hydrogens (tertiary/aromatic N) is 5. The number of phenols is 1. The maximum absolute atomic E-state index is 15.5. The standard InChI is InChI=1S/C94H121N17O18S/c1-11-12-32-75-92(127)108(7)53-80(115)100-71(48-82(117)118)88(123)106-83(57(4)5)94(129)110(9)76(45-59-26-18-14-19-27-59)89(124)104-72(44-62-37-39-65(112)40-38-62)90(125)107(6)52-79(114)99-70(47-64-50-97-67-31-23-22-30-66(64)67)87(122)103-69(42-61-33-35-63(49-95)36-34-61)86(121)102-68(41-56(2)3)85(120)105-74(84(119)98-51-78(96)113)54-130-55-81(116)101-73(43-58-24-16-13-17-25-58)91(126)111(10)77(93(128)109(75)8)46-60-28-20-15-21-29-60/h13-31,33-40,50,56-57,68-77,83,97,112H,11-12,32,41-49,51-55,95H2,1-10H3,(H2,96,113)(H,98,119)(H,99,114)(H,100,115)(H,101,116)(H,102,121)(H,103,122)(H,104,124)(H,105,120)(H,106,123)(H,117,118)/t68-,69-,70-,71-,72-,73-,74-,75-,76-,77-,83-/m0/s1. The number of carboxylic acids is 1. The Bertz CT molecular complexity index is 5090. The minimum atomic E-state index is -1.90. The average Bonchev–Trinajstić information content (AvgIpc) is 1.63. The zero-order chi connectivity index (χ0) is 95.0. The van der Waals surface area contributed by atoms with Crippen LogP contribution >= 0.6 is 11.8 Å². The summed E-state index contributed by atoms with van der Waals surface area (Å²) >= 11 is 0.841. The monoisotopic (exact) mass is 1810 g/mol. The van der Waals surface area contributed by atoms with E-state index in [4.69, 9.17) is 11.5 Å². The van der Waals surface area contributed by atoms with Gasteiger partial charge in [0.15, 0.2) is 0 Å². The first-order valence-corrected chi connectivity index (χ1v) is 44.4. The molecule has 35 nitrogen and oxygen atoms in total. The number of amides is 15. The molecule has 0 spiro atoms. The Kier molecular flexibility index (Phi) is 39.0. The van der Waals surface area contributed by atoms with E-state index >= 15 is 43.2 Å². The molecule has 0 aliphatic carbocycles. The van der Waals surface area contributed by atoms with E-state index in [0.29, 0.717) is 57.1 Å². The predicted octanol–water partition coefficient (Wildman–Crippen LogP) is 2.08. The molecule has 7 aromatic rings. The molecule has 2 heterocycles. The molecule has 36 heteroatoms. The number of carboxylic acid groups (broad SMARTS) is 1. The maximum Gasteiger partial charge on any atom is 0.305 e. The lowest BCUT2D eigenvalue weighted by molar-refractivity contribution is -0.151. The van der Waals surface area contributed by atoms with Crippen molar-refractivity contribution in [3.63, 3.8) is 0 Å². The highest BCUT2D eigenvalue weighted by Crippen LogP contribution is 2.24. The number of hydrogen-bond acceptors (Lipinski definition) is 19. The smallest absolute Gasteiger partial charge is 0.305 e. The lowest BCUT2D eigenvalue weighted by Gasteiger charge is -2.37. The molecule has 130 heavy (non-hydrogen) atoms. The number of aliphatic carboxylic acids is 1. The summed E-state index contributed by atoms with van der Waals surface area (Å²) in [7, 11) is 6.57. The number of benzene rings is 6. The van der Waals surface area contributed by atoms with Gasteiger partial charge in [-0.05, 0) is 81.8 Å². The first kappa shape index (κ1) is 102. The van der Waals surface area contributed by atoms with E-state index in [-0.39, 0.29) is 75.3 Å². The Morgan fingerprint density at radius 1 is 0.469 bits per heavy atom. The third kappa shape index (κ3) is 30.6. The second-order valence-electron chi connectivity index (χ2n) is 33.4. The van der Waals surface area contributed by atoms with Crippen LogP contribution in [0.3, 0.4) is 0 Å². The molecule has 1 aliphatic heterocycles. The van der Waals surface area contributed by atoms with Crippen molar-refractivity contribution in [2.75, 3.05) is 66.4 Å². The van der Waals surface area contributed by atoms with Gasteiger partial charge < -0.3 is 99.0 Å². The minimum Gasteiger partial charge on any atom is -0.508 e. The van der Waals surface area contributed by atoms with E-state index in [1.165, 1.54) is 69.3 Å². The van der Waals surface area contributed by atoms with E-state index in [1.807, 2.05) is 6.92 Å². The summed E-state index contributed by atoms with van der Waals surface area (Å²) in [5.41, 5.74) is 16.0. The fourth-order valence-corrected chi connectivity index (χ4v) is 16.0. The SMILES string of the molecule is CCCC[C@H]1C(=O)N(C)CC(=O)N[C@@H](CC(=O)O)C(=O)N[C@@H](C(C)C)C(=O)N(C)[C@@H](Cc2ccccc2)C(=O)N[C@@H](Cc2ccc(O)cc2)C(=O)N(C)CC(=O)N[C@@H](Cc2c[nH]c3ccccc23)C(=O)N[C@@H](Cc2ccc(CN)cc2)C(=O)N[C@@H](CC(C)C)C(=O)N[C@H](C(=O)NCC(N)=O)CSCC(=O)N[C@@H](Cc2ccccc2)C(=O)N(C)[C@@H](Cc2ccccc2)C(=O)N1C. The van der Waals surface area contributed by atoms with Crippen molar-refractivity contribution in [1.82, 2.24) is 77.3 Å². The highest BCUT2D eigenvalue weighted by molar-refractivity contribution is 8.00. The number of aromatic nitrogens is 1. The number of fused-ring (bicyclic) bond motifs is 1. The maximum atomic E-state index is 15.5. The summed E-state index contributed by atoms with van der Waals surface area (Å²) in [6.45, 7) is 6.40. The molecule has 16 N–H and O–H groups in total. The third-order valence-electron chi connectivity index (χ3n) is 22.4. The molecule has 8 rings (SSSR count). The first-order valence-electron chi connectivity index (χ1n) is 43.2. The van der Waals surface area contributed by atoms with E-state index in [0.717, 1.165) is 32.0 Å². The first-order chi connectivity index (χ1) is 61.9. The van der Waals surface area contributed by atoms with E-state index in [2.05, 4.69) is 52.8 Å². The van der Waals surface area contributed by atoms with Crippen LogP contribution in [0.5, 0.6) is 5.75 Å². The van der Waals surface area contributed by atoms with Crippen LogP contribution in [0, 0.1) is 11.8 Å². The lowest BCUT2D eigenvalue weighted by Crippen LogP contribution is -2.61. The average molecular weight is 1810 g/mol. The second-order valence-corrected chi connectivity index (χ2v) is 34.4. The second kappa shape index (κ2) is 49.7. The Hall–Kier alpha value is -13.5. The van der Waals surface area contributed by atoms with Gasteiger partial charge in [-0.1, -0.05) is 193 Å². The summed E-state index contributed by atoms with van der Waals surface area (Å²) in [5.74, 6) is -17.1. The number of carbonyl (C=O) groups excluding carboxylic acids is 15. The number of hydrogen-bond donors (Lipinski definition) is 14. The van der Waals surface area contributed by atoms with Gasteiger partial charge in [-0.25, -0.2) is 0 Å². The Morgan fingerprint density at radius 2 is 0.923 bits per heavy atom. The van der Waals surface area contributed by atoms with Gasteiger partial charge in [0, 0.05) is 103 Å². The summed E-state index contributed by atoms with van der Waals surface area (Å²) in [5, 5.41) is 45.4. The molecule has 1 fully saturated rings. The molecule has 0 unspecified atom stereocenters. The molecular formula is C94H121N17O18S. The molecule has 11 atom stereocenters. The van der Waals surface area contributed by atoms with E-state index in [9.17, 15) is 43.8 Å². The number of likely N-dealkylation sites (N-methyl/N-ethyl adjacent to an activating group) is 5. The number of thioether (sulfide) groups is 1. The topological polar surface area (TPSA) is 506 Å². The van der Waals surface area contributed by atoms with Crippen molar-refractivity contribution in [3.8, 4) is 5.75 Å². The van der Waals surface area contributed by atoms with Crippen molar-refractivity contribution in [2.24, 2.45) is 23.3 Å². The van der Waals surface area contributed by atoms with Crippen molar-refractivity contribution >= 4 is 117 Å². The van der Waals surface area contributed by atoms with Crippen LogP contribution in [0.4, 0.5) is 0 Å². The van der Waals surface area contributed by atoms with Gasteiger partial charge >= 0.3 is 5.97 Å². The van der Waals surface area contributed by atoms with Crippen molar-refractivity contribution < 1.29 is 86.9 Å².